The maximum Gasteiger partial charge on any atom is 0.304 e. The Kier molecular flexibility index (Phi) is 8.72. The smallest absolute Gasteiger partial charge is 0.304 e. The number of nitrogens with zero attached hydrogens (tertiary/aromatic N) is 5. The Morgan fingerprint density at radius 1 is 1.19 bits per heavy atom. The fraction of sp³-hybridized carbons (Fsp3) is 0.485. The lowest BCUT2D eigenvalue weighted by Crippen LogP contribution is -2.54. The van der Waals surface area contributed by atoms with Crippen molar-refractivity contribution in [3.8, 4) is 5.75 Å². The van der Waals surface area contributed by atoms with Crippen LogP contribution >= 0.6 is 0 Å². The van der Waals surface area contributed by atoms with E-state index in [1.807, 2.05) is 56.4 Å². The molecule has 2 fully saturated rings. The molecule has 0 saturated carbocycles. The van der Waals surface area contributed by atoms with E-state index in [9.17, 15) is 24.3 Å². The lowest BCUT2D eigenvalue weighted by Gasteiger charge is -2.39. The van der Waals surface area contributed by atoms with Gasteiger partial charge in [-0.05, 0) is 55.4 Å². The molecular formula is C33H41N5O8Si. The highest BCUT2D eigenvalue weighted by Gasteiger charge is 2.66. The van der Waals surface area contributed by atoms with E-state index in [1.54, 1.807) is 29.0 Å². The van der Waals surface area contributed by atoms with Gasteiger partial charge in [-0.1, -0.05) is 24.3 Å². The zero-order valence-corrected chi connectivity index (χ0v) is 28.3. The molecule has 6 rings (SSSR count). The van der Waals surface area contributed by atoms with Crippen LogP contribution in [0.5, 0.6) is 5.75 Å². The van der Waals surface area contributed by atoms with E-state index in [-0.39, 0.29) is 42.8 Å². The minimum Gasteiger partial charge on any atom is -0.497 e. The van der Waals surface area contributed by atoms with Gasteiger partial charge in [-0.2, -0.15) is 0 Å². The fourth-order valence-corrected chi connectivity index (χ4v) is 10.1. The third kappa shape index (κ3) is 5.83. The molecule has 4 heterocycles. The first-order valence-electron chi connectivity index (χ1n) is 15.9. The van der Waals surface area contributed by atoms with E-state index in [2.05, 4.69) is 10.3 Å². The molecular weight excluding hydrogens is 622 g/mol. The van der Waals surface area contributed by atoms with E-state index < -0.39 is 32.2 Å². The summed E-state index contributed by atoms with van der Waals surface area (Å²) in [5.41, 5.74) is 1.78. The number of β-lactam (4-membered cyclic amide) rings is 1. The minimum atomic E-state index is -2.88. The van der Waals surface area contributed by atoms with Crippen molar-refractivity contribution in [3.63, 3.8) is 0 Å². The van der Waals surface area contributed by atoms with E-state index >= 15 is 0 Å². The Hall–Kier alpha value is -4.11. The van der Waals surface area contributed by atoms with Crippen LogP contribution in [0, 0.1) is 5.92 Å². The Balaban J connectivity index is 1.33. The molecule has 47 heavy (non-hydrogen) atoms. The molecule has 2 N–H and O–H groups in total. The van der Waals surface area contributed by atoms with E-state index in [0.717, 1.165) is 5.56 Å². The lowest BCUT2D eigenvalue weighted by molar-refractivity contribution is -0.154. The van der Waals surface area contributed by atoms with Gasteiger partial charge in [0.15, 0.2) is 20.1 Å². The average Bonchev–Trinajstić information content (AvgIpc) is 3.65. The Bertz CT molecular complexity index is 1690. The van der Waals surface area contributed by atoms with Crippen LogP contribution in [-0.2, 0) is 49.0 Å². The molecule has 0 bridgehead atoms. The van der Waals surface area contributed by atoms with Crippen LogP contribution in [0.3, 0.4) is 0 Å². The number of methoxy groups -OCH3 is 1. The van der Waals surface area contributed by atoms with Gasteiger partial charge in [-0.3, -0.25) is 24.0 Å². The zero-order chi connectivity index (χ0) is 33.7. The standard InChI is InChI=1S/C33H41N5O8Si/c1-20-31(47(4,5)43)28(11-13-36-19-23(12-14-39)34-35-36)46-33(20)26-16-25(44-3)9-10-27(26)37(32(33)42)18-22-7-6-8-24(15-22)38-29(41)17-30(38)45-21(2)40/h6-10,15-16,19-20,28,30-31,39,43H,11-14,17-18H2,1-5H3/t20-,28+,30?,31-,33+/m0/s1. The number of amides is 2. The minimum absolute atomic E-state index is 0.0200. The first-order chi connectivity index (χ1) is 22.4. The number of hydrogen-bond donors (Lipinski definition) is 2. The average molecular weight is 664 g/mol. The SMILES string of the molecule is COc1ccc2c(c1)[C@@]1(O[C@H](CCn3cc(CCO)nn3)[C@@H]([Si](C)(C)O)[C@@H]1C)C(=O)N2Cc1cccc(N2C(=O)CC2OC(C)=O)c1. The highest BCUT2D eigenvalue weighted by molar-refractivity contribution is 6.71. The molecule has 1 unspecified atom stereocenters. The number of aliphatic hydroxyl groups is 1. The quantitative estimate of drug-likeness (QED) is 0.178. The first-order valence-corrected chi connectivity index (χ1v) is 18.9. The molecule has 250 valence electrons. The monoisotopic (exact) mass is 663 g/mol. The Morgan fingerprint density at radius 2 is 1.98 bits per heavy atom. The molecule has 2 saturated heterocycles. The van der Waals surface area contributed by atoms with Crippen LogP contribution in [0.1, 0.15) is 43.5 Å². The number of esters is 1. The second-order valence-electron chi connectivity index (χ2n) is 13.1. The number of anilines is 2. The third-order valence-corrected chi connectivity index (χ3v) is 12.0. The molecule has 3 aliphatic heterocycles. The van der Waals surface area contributed by atoms with Crippen LogP contribution in [0.15, 0.2) is 48.7 Å². The summed E-state index contributed by atoms with van der Waals surface area (Å²) < 4.78 is 19.5. The summed E-state index contributed by atoms with van der Waals surface area (Å²) >= 11 is 0. The van der Waals surface area contributed by atoms with Crippen LogP contribution in [-0.4, -0.2) is 77.0 Å². The summed E-state index contributed by atoms with van der Waals surface area (Å²) in [5.74, 6) is -0.625. The summed E-state index contributed by atoms with van der Waals surface area (Å²) in [6, 6.07) is 12.8. The highest BCUT2D eigenvalue weighted by Crippen LogP contribution is 2.60. The van der Waals surface area contributed by atoms with Crippen molar-refractivity contribution in [2.75, 3.05) is 23.5 Å². The van der Waals surface area contributed by atoms with Crippen LogP contribution in [0.4, 0.5) is 11.4 Å². The largest absolute Gasteiger partial charge is 0.497 e. The maximum atomic E-state index is 14.8. The van der Waals surface area contributed by atoms with Gasteiger partial charge < -0.3 is 29.0 Å². The predicted octanol–water partition coefficient (Wildman–Crippen LogP) is 2.88. The van der Waals surface area contributed by atoms with Gasteiger partial charge in [0.25, 0.3) is 5.91 Å². The van der Waals surface area contributed by atoms with E-state index in [1.165, 1.54) is 11.8 Å². The highest BCUT2D eigenvalue weighted by atomic mass is 28.4. The number of benzene rings is 2. The second kappa shape index (κ2) is 12.5. The maximum absolute atomic E-state index is 14.8. The van der Waals surface area contributed by atoms with Crippen molar-refractivity contribution in [1.82, 2.24) is 15.0 Å². The molecule has 0 radical (unpaired) electrons. The number of aryl methyl sites for hydroxylation is 1. The van der Waals surface area contributed by atoms with Gasteiger partial charge in [-0.15, -0.1) is 5.10 Å². The van der Waals surface area contributed by atoms with E-state index in [4.69, 9.17) is 14.2 Å². The molecule has 3 aromatic rings. The topological polar surface area (TPSA) is 157 Å². The summed E-state index contributed by atoms with van der Waals surface area (Å²) in [6.45, 7) is 7.71. The molecule has 1 aromatic heterocycles. The van der Waals surface area contributed by atoms with Crippen molar-refractivity contribution in [2.45, 2.75) is 82.8 Å². The summed E-state index contributed by atoms with van der Waals surface area (Å²) in [7, 11) is -1.30. The van der Waals surface area contributed by atoms with Crippen molar-refractivity contribution in [2.24, 2.45) is 5.92 Å². The Labute approximate surface area is 274 Å². The van der Waals surface area contributed by atoms with Gasteiger partial charge in [-0.25, -0.2) is 0 Å². The lowest BCUT2D eigenvalue weighted by atomic mass is 9.82. The normalized spacial score (nSPS) is 25.3. The van der Waals surface area contributed by atoms with Crippen molar-refractivity contribution < 1.29 is 38.5 Å². The van der Waals surface area contributed by atoms with Crippen LogP contribution in [0.2, 0.25) is 18.6 Å². The van der Waals surface area contributed by atoms with Gasteiger partial charge in [0.05, 0.1) is 37.6 Å². The number of carbonyl (C=O) groups is 3. The zero-order valence-electron chi connectivity index (χ0n) is 27.3. The number of aliphatic hydroxyl groups excluding tert-OH is 1. The van der Waals surface area contributed by atoms with Gasteiger partial charge in [0.2, 0.25) is 5.91 Å². The molecule has 2 amide bonds. The molecule has 14 heteroatoms. The molecule has 5 atom stereocenters. The van der Waals surface area contributed by atoms with Crippen molar-refractivity contribution in [1.29, 1.82) is 0 Å². The number of hydrogen-bond acceptors (Lipinski definition) is 10. The Morgan fingerprint density at radius 3 is 2.66 bits per heavy atom. The summed E-state index contributed by atoms with van der Waals surface area (Å²) in [4.78, 5) is 53.6. The van der Waals surface area contributed by atoms with E-state index in [0.29, 0.717) is 47.8 Å². The second-order valence-corrected chi connectivity index (χ2v) is 17.0. The molecule has 13 nitrogen and oxygen atoms in total. The number of rotatable bonds is 11. The van der Waals surface area contributed by atoms with Crippen LogP contribution < -0.4 is 14.5 Å². The number of carbonyl (C=O) groups excluding carboxylic acids is 3. The molecule has 0 aliphatic carbocycles. The van der Waals surface area contributed by atoms with Crippen molar-refractivity contribution >= 4 is 37.5 Å². The third-order valence-electron chi connectivity index (χ3n) is 9.53. The van der Waals surface area contributed by atoms with Gasteiger partial charge in [0, 0.05) is 55.4 Å². The fourth-order valence-electron chi connectivity index (χ4n) is 7.52. The van der Waals surface area contributed by atoms with Gasteiger partial charge in [0.1, 0.15) is 5.75 Å². The predicted molar refractivity (Wildman–Crippen MR) is 173 cm³/mol. The van der Waals surface area contributed by atoms with Crippen LogP contribution in [0.25, 0.3) is 0 Å². The number of fused-ring (bicyclic) bond motifs is 2. The summed E-state index contributed by atoms with van der Waals surface area (Å²) in [6.07, 6.45) is 1.72. The van der Waals surface area contributed by atoms with Crippen molar-refractivity contribution in [3.05, 3.63) is 65.5 Å². The number of ether oxygens (including phenoxy) is 3. The molecule has 3 aliphatic rings. The number of aromatic nitrogens is 3. The first kappa shape index (κ1) is 32.8. The molecule has 1 spiro atoms. The van der Waals surface area contributed by atoms with Gasteiger partial charge >= 0.3 is 5.97 Å². The molecule has 2 aromatic carbocycles. The summed E-state index contributed by atoms with van der Waals surface area (Å²) in [5, 5.41) is 17.6.